The van der Waals surface area contributed by atoms with Crippen LogP contribution in [-0.2, 0) is 13.2 Å². The number of hydrogen-bond acceptors (Lipinski definition) is 4. The van der Waals surface area contributed by atoms with Crippen LogP contribution < -0.4 is 4.90 Å². The van der Waals surface area contributed by atoms with Gasteiger partial charge >= 0.3 is 0 Å². The number of hydrogen-bond donors (Lipinski definition) is 1. The van der Waals surface area contributed by atoms with Crippen molar-refractivity contribution in [3.63, 3.8) is 0 Å². The molecule has 0 atom stereocenters. The summed E-state index contributed by atoms with van der Waals surface area (Å²) in [7, 11) is 2.03. The SMILES string of the molecule is CN(Cc1ccccn1)c1cc(CO)nc2ccccc12. The zero-order chi connectivity index (χ0) is 14.7. The van der Waals surface area contributed by atoms with Gasteiger partial charge in [-0.05, 0) is 24.3 Å². The second-order valence-electron chi connectivity index (χ2n) is 4.99. The monoisotopic (exact) mass is 279 g/mol. The van der Waals surface area contributed by atoms with Gasteiger partial charge in [0.15, 0.2) is 0 Å². The lowest BCUT2D eigenvalue weighted by atomic mass is 10.1. The fourth-order valence-electron chi connectivity index (χ4n) is 2.43. The first kappa shape index (κ1) is 13.5. The second-order valence-corrected chi connectivity index (χ2v) is 4.99. The van der Waals surface area contributed by atoms with Crippen molar-refractivity contribution in [1.82, 2.24) is 9.97 Å². The summed E-state index contributed by atoms with van der Waals surface area (Å²) in [6.45, 7) is 0.648. The molecule has 4 heteroatoms. The molecule has 106 valence electrons. The molecule has 4 nitrogen and oxygen atoms in total. The van der Waals surface area contributed by atoms with Gasteiger partial charge in [0.2, 0.25) is 0 Å². The molecule has 0 aliphatic carbocycles. The van der Waals surface area contributed by atoms with Gasteiger partial charge < -0.3 is 10.0 Å². The summed E-state index contributed by atoms with van der Waals surface area (Å²) in [6, 6.07) is 15.8. The van der Waals surface area contributed by atoms with E-state index in [9.17, 15) is 5.11 Å². The lowest BCUT2D eigenvalue weighted by Gasteiger charge is -2.21. The number of aliphatic hydroxyl groups excluding tert-OH is 1. The third-order valence-corrected chi connectivity index (χ3v) is 3.45. The summed E-state index contributed by atoms with van der Waals surface area (Å²) in [6.07, 6.45) is 1.80. The Hall–Kier alpha value is -2.46. The van der Waals surface area contributed by atoms with Gasteiger partial charge in [-0.25, -0.2) is 0 Å². The molecule has 0 radical (unpaired) electrons. The van der Waals surface area contributed by atoms with Crippen LogP contribution >= 0.6 is 0 Å². The van der Waals surface area contributed by atoms with Crippen LogP contribution in [0.2, 0.25) is 0 Å². The molecular weight excluding hydrogens is 262 g/mol. The Morgan fingerprint density at radius 3 is 2.62 bits per heavy atom. The van der Waals surface area contributed by atoms with Gasteiger partial charge in [-0.15, -0.1) is 0 Å². The van der Waals surface area contributed by atoms with E-state index < -0.39 is 0 Å². The van der Waals surface area contributed by atoms with Crippen LogP contribution in [0.3, 0.4) is 0 Å². The first-order valence-corrected chi connectivity index (χ1v) is 6.88. The van der Waals surface area contributed by atoms with Crippen molar-refractivity contribution in [1.29, 1.82) is 0 Å². The van der Waals surface area contributed by atoms with E-state index in [2.05, 4.69) is 14.9 Å². The zero-order valence-electron chi connectivity index (χ0n) is 11.9. The largest absolute Gasteiger partial charge is 0.390 e. The topological polar surface area (TPSA) is 49.2 Å². The van der Waals surface area contributed by atoms with Crippen molar-refractivity contribution < 1.29 is 5.11 Å². The minimum Gasteiger partial charge on any atom is -0.390 e. The van der Waals surface area contributed by atoms with E-state index in [0.717, 1.165) is 22.3 Å². The molecular formula is C17H17N3O. The summed E-state index contributed by atoms with van der Waals surface area (Å²) < 4.78 is 0. The van der Waals surface area contributed by atoms with Crippen LogP contribution in [0.5, 0.6) is 0 Å². The van der Waals surface area contributed by atoms with Gasteiger partial charge in [0, 0.05) is 24.3 Å². The fourth-order valence-corrected chi connectivity index (χ4v) is 2.43. The Kier molecular flexibility index (Phi) is 3.79. The predicted molar refractivity (Wildman–Crippen MR) is 84.0 cm³/mol. The highest BCUT2D eigenvalue weighted by atomic mass is 16.3. The molecule has 3 rings (SSSR count). The van der Waals surface area contributed by atoms with E-state index >= 15 is 0 Å². The van der Waals surface area contributed by atoms with Crippen LogP contribution in [0, 0.1) is 0 Å². The molecule has 0 fully saturated rings. The molecule has 2 aromatic heterocycles. The van der Waals surface area contributed by atoms with Crippen LogP contribution in [0.25, 0.3) is 10.9 Å². The number of benzene rings is 1. The third kappa shape index (κ3) is 2.85. The maximum absolute atomic E-state index is 9.40. The molecule has 21 heavy (non-hydrogen) atoms. The number of rotatable bonds is 4. The van der Waals surface area contributed by atoms with Crippen LogP contribution in [0.4, 0.5) is 5.69 Å². The van der Waals surface area contributed by atoms with Crippen LogP contribution in [-0.4, -0.2) is 22.1 Å². The summed E-state index contributed by atoms with van der Waals surface area (Å²) >= 11 is 0. The summed E-state index contributed by atoms with van der Waals surface area (Å²) in [5, 5.41) is 10.5. The molecule has 3 aromatic rings. The normalized spacial score (nSPS) is 10.8. The van der Waals surface area contributed by atoms with Crippen molar-refractivity contribution in [2.24, 2.45) is 0 Å². The molecule has 1 aromatic carbocycles. The standard InChI is InChI=1S/C17H17N3O/c1-20(11-13-6-4-5-9-18-13)17-10-14(12-21)19-16-8-3-2-7-15(16)17/h2-10,21H,11-12H2,1H3. The van der Waals surface area contributed by atoms with Crippen LogP contribution in [0.1, 0.15) is 11.4 Å². The Balaban J connectivity index is 2.02. The van der Waals surface area contributed by atoms with Gasteiger partial charge in [0.1, 0.15) is 0 Å². The summed E-state index contributed by atoms with van der Waals surface area (Å²) in [4.78, 5) is 10.9. The van der Waals surface area contributed by atoms with Crippen molar-refractivity contribution in [3.05, 3.63) is 66.1 Å². The van der Waals surface area contributed by atoms with Gasteiger partial charge in [0.25, 0.3) is 0 Å². The molecule has 0 aliphatic heterocycles. The van der Waals surface area contributed by atoms with E-state index in [0.29, 0.717) is 12.2 Å². The number of nitrogens with zero attached hydrogens (tertiary/aromatic N) is 3. The number of pyridine rings is 2. The number of para-hydroxylation sites is 1. The number of aliphatic hydroxyl groups is 1. The minimum atomic E-state index is -0.0603. The second kappa shape index (κ2) is 5.89. The van der Waals surface area contributed by atoms with E-state index in [1.165, 1.54) is 0 Å². The van der Waals surface area contributed by atoms with Crippen molar-refractivity contribution in [3.8, 4) is 0 Å². The van der Waals surface area contributed by atoms with Gasteiger partial charge in [0.05, 0.1) is 30.1 Å². The number of fused-ring (bicyclic) bond motifs is 1. The Bertz CT molecular complexity index is 743. The lowest BCUT2D eigenvalue weighted by molar-refractivity contribution is 0.277. The maximum atomic E-state index is 9.40. The maximum Gasteiger partial charge on any atom is 0.0854 e. The van der Waals surface area contributed by atoms with Crippen molar-refractivity contribution in [2.75, 3.05) is 11.9 Å². The van der Waals surface area contributed by atoms with E-state index in [4.69, 9.17) is 0 Å². The van der Waals surface area contributed by atoms with Crippen molar-refractivity contribution in [2.45, 2.75) is 13.2 Å². The Labute approximate surface area is 123 Å². The molecule has 0 amide bonds. The minimum absolute atomic E-state index is 0.0603. The number of aromatic nitrogens is 2. The summed E-state index contributed by atoms with van der Waals surface area (Å²) in [5.41, 5.74) is 3.63. The molecule has 0 saturated heterocycles. The highest BCUT2D eigenvalue weighted by molar-refractivity contribution is 5.91. The lowest BCUT2D eigenvalue weighted by Crippen LogP contribution is -2.18. The van der Waals surface area contributed by atoms with Crippen molar-refractivity contribution >= 4 is 16.6 Å². The highest BCUT2D eigenvalue weighted by Gasteiger charge is 2.10. The van der Waals surface area contributed by atoms with E-state index in [1.54, 1.807) is 6.20 Å². The smallest absolute Gasteiger partial charge is 0.0854 e. The summed E-state index contributed by atoms with van der Waals surface area (Å²) in [5.74, 6) is 0. The fraction of sp³-hybridized carbons (Fsp3) is 0.176. The predicted octanol–water partition coefficient (Wildman–Crippen LogP) is 2.76. The molecule has 0 saturated carbocycles. The zero-order valence-corrected chi connectivity index (χ0v) is 11.9. The third-order valence-electron chi connectivity index (χ3n) is 3.45. The molecule has 0 aliphatic rings. The van der Waals surface area contributed by atoms with Crippen LogP contribution in [0.15, 0.2) is 54.7 Å². The van der Waals surface area contributed by atoms with E-state index in [-0.39, 0.29) is 6.61 Å². The quantitative estimate of drug-likeness (QED) is 0.798. The molecule has 0 bridgehead atoms. The molecule has 1 N–H and O–H groups in total. The Morgan fingerprint density at radius 1 is 1.05 bits per heavy atom. The molecule has 0 spiro atoms. The van der Waals surface area contributed by atoms with Gasteiger partial charge in [-0.2, -0.15) is 0 Å². The van der Waals surface area contributed by atoms with Gasteiger partial charge in [-0.3, -0.25) is 9.97 Å². The molecule has 2 heterocycles. The average Bonchev–Trinajstić information content (AvgIpc) is 2.54. The first-order chi connectivity index (χ1) is 10.3. The molecule has 0 unspecified atom stereocenters. The highest BCUT2D eigenvalue weighted by Crippen LogP contribution is 2.26. The average molecular weight is 279 g/mol. The van der Waals surface area contributed by atoms with E-state index in [1.807, 2.05) is 55.6 Å². The van der Waals surface area contributed by atoms with Gasteiger partial charge in [-0.1, -0.05) is 24.3 Å². The first-order valence-electron chi connectivity index (χ1n) is 6.88. The number of anilines is 1. The Morgan fingerprint density at radius 2 is 1.86 bits per heavy atom.